The Labute approximate surface area is 142 Å². The van der Waals surface area contributed by atoms with Crippen LogP contribution in [0.1, 0.15) is 31.9 Å². The van der Waals surface area contributed by atoms with Crippen molar-refractivity contribution in [3.8, 4) is 5.75 Å². The van der Waals surface area contributed by atoms with Crippen LogP contribution in [0.5, 0.6) is 5.75 Å². The van der Waals surface area contributed by atoms with Crippen molar-refractivity contribution in [3.05, 3.63) is 29.3 Å². The van der Waals surface area contributed by atoms with E-state index < -0.39 is 23.7 Å². The lowest BCUT2D eigenvalue weighted by Crippen LogP contribution is -2.34. The molecule has 1 atom stereocenters. The lowest BCUT2D eigenvalue weighted by Gasteiger charge is -2.20. The minimum absolute atomic E-state index is 0.236. The molecule has 3 N–H and O–H groups in total. The fourth-order valence-electron chi connectivity index (χ4n) is 2.07. The number of carbonyl (C=O) groups is 2. The van der Waals surface area contributed by atoms with Gasteiger partial charge in [0.15, 0.2) is 0 Å². The molecule has 0 bridgehead atoms. The summed E-state index contributed by atoms with van der Waals surface area (Å²) in [6, 6.07) is 4.68. The Kier molecular flexibility index (Phi) is 7.03. The largest absolute Gasteiger partial charge is 0.496 e. The van der Waals surface area contributed by atoms with Crippen LogP contribution in [-0.4, -0.2) is 37.9 Å². The first kappa shape index (κ1) is 19.8. The smallest absolute Gasteiger partial charge is 0.407 e. The first-order chi connectivity index (χ1) is 11.2. The van der Waals surface area contributed by atoms with Crippen LogP contribution in [0.25, 0.3) is 0 Å². The van der Waals surface area contributed by atoms with Crippen molar-refractivity contribution >= 4 is 12.1 Å². The van der Waals surface area contributed by atoms with Gasteiger partial charge >= 0.3 is 12.1 Å². The minimum atomic E-state index is -0.741. The molecule has 134 valence electrons. The van der Waals surface area contributed by atoms with Crippen LogP contribution < -0.4 is 15.8 Å². The van der Waals surface area contributed by atoms with Crippen LogP contribution in [0.4, 0.5) is 4.79 Å². The molecule has 1 aromatic rings. The molecular formula is C17H26N2O5. The number of ether oxygens (including phenoxy) is 3. The summed E-state index contributed by atoms with van der Waals surface area (Å²) in [4.78, 5) is 23.2. The molecule has 0 radical (unpaired) electrons. The van der Waals surface area contributed by atoms with E-state index in [1.807, 2.05) is 12.1 Å². The van der Waals surface area contributed by atoms with Crippen molar-refractivity contribution in [1.82, 2.24) is 5.32 Å². The molecule has 1 unspecified atom stereocenters. The van der Waals surface area contributed by atoms with Crippen LogP contribution in [-0.2, 0) is 27.2 Å². The Morgan fingerprint density at radius 1 is 1.25 bits per heavy atom. The average molecular weight is 338 g/mol. The lowest BCUT2D eigenvalue weighted by atomic mass is 10.0. The summed E-state index contributed by atoms with van der Waals surface area (Å²) in [5, 5.41) is 2.68. The number of alkyl carbamates (subject to hydrolysis) is 1. The molecule has 0 spiro atoms. The second-order valence-electron chi connectivity index (χ2n) is 6.34. The molecule has 0 heterocycles. The summed E-state index contributed by atoms with van der Waals surface area (Å²) in [6.45, 7) is 5.62. The number of hydrogen-bond donors (Lipinski definition) is 2. The molecule has 0 fully saturated rings. The third-order valence-corrected chi connectivity index (χ3v) is 3.13. The number of hydrogen-bond acceptors (Lipinski definition) is 6. The second-order valence-corrected chi connectivity index (χ2v) is 6.34. The van der Waals surface area contributed by atoms with E-state index in [-0.39, 0.29) is 6.54 Å². The van der Waals surface area contributed by atoms with Crippen molar-refractivity contribution in [3.63, 3.8) is 0 Å². The highest BCUT2D eigenvalue weighted by Crippen LogP contribution is 2.21. The number of amides is 1. The Morgan fingerprint density at radius 3 is 2.46 bits per heavy atom. The standard InChI is InChI=1S/C17H26N2O5/c1-17(2,3)24-16(21)19-10-12-8-11(6-7-14(12)22-4)9-13(18)15(20)23-5/h6-8,13H,9-10,18H2,1-5H3,(H,19,21). The summed E-state index contributed by atoms with van der Waals surface area (Å²) >= 11 is 0. The van der Waals surface area contributed by atoms with Gasteiger partial charge in [-0.15, -0.1) is 0 Å². The topological polar surface area (TPSA) is 99.9 Å². The quantitative estimate of drug-likeness (QED) is 0.767. The molecule has 0 aliphatic rings. The van der Waals surface area contributed by atoms with Crippen molar-refractivity contribution in [2.45, 2.75) is 45.4 Å². The zero-order chi connectivity index (χ0) is 18.3. The highest BCUT2D eigenvalue weighted by Gasteiger charge is 2.18. The van der Waals surface area contributed by atoms with Gasteiger partial charge in [0, 0.05) is 12.1 Å². The second kappa shape index (κ2) is 8.54. The van der Waals surface area contributed by atoms with Crippen LogP contribution in [0.3, 0.4) is 0 Å². The van der Waals surface area contributed by atoms with Crippen molar-refractivity contribution in [1.29, 1.82) is 0 Å². The summed E-state index contributed by atoms with van der Waals surface area (Å²) < 4.78 is 15.1. The van der Waals surface area contributed by atoms with Crippen LogP contribution >= 0.6 is 0 Å². The molecule has 0 aliphatic heterocycles. The predicted octanol–water partition coefficient (Wildman–Crippen LogP) is 1.76. The molecule has 0 aromatic heterocycles. The zero-order valence-electron chi connectivity index (χ0n) is 14.8. The molecule has 1 rings (SSSR count). The monoisotopic (exact) mass is 338 g/mol. The van der Waals surface area contributed by atoms with Gasteiger partial charge in [0.1, 0.15) is 17.4 Å². The maximum absolute atomic E-state index is 11.8. The van der Waals surface area contributed by atoms with E-state index in [2.05, 4.69) is 10.1 Å². The van der Waals surface area contributed by atoms with E-state index in [1.165, 1.54) is 7.11 Å². The molecule has 7 nitrogen and oxygen atoms in total. The van der Waals surface area contributed by atoms with Crippen LogP contribution in [0.2, 0.25) is 0 Å². The molecule has 0 saturated heterocycles. The minimum Gasteiger partial charge on any atom is -0.496 e. The molecule has 0 saturated carbocycles. The Hall–Kier alpha value is -2.28. The van der Waals surface area contributed by atoms with Gasteiger partial charge in [0.25, 0.3) is 0 Å². The predicted molar refractivity (Wildman–Crippen MR) is 89.8 cm³/mol. The molecule has 0 aliphatic carbocycles. The van der Waals surface area contributed by atoms with Gasteiger partial charge in [0.2, 0.25) is 0 Å². The number of benzene rings is 1. The Balaban J connectivity index is 2.79. The normalized spacial score (nSPS) is 12.2. The highest BCUT2D eigenvalue weighted by molar-refractivity contribution is 5.75. The summed E-state index contributed by atoms with van der Waals surface area (Å²) in [5.74, 6) is 0.153. The fourth-order valence-corrected chi connectivity index (χ4v) is 2.07. The van der Waals surface area contributed by atoms with E-state index in [1.54, 1.807) is 33.9 Å². The summed E-state index contributed by atoms with van der Waals surface area (Å²) in [7, 11) is 2.85. The number of nitrogens with one attached hydrogen (secondary N) is 1. The van der Waals surface area contributed by atoms with Gasteiger partial charge in [-0.1, -0.05) is 12.1 Å². The Morgan fingerprint density at radius 2 is 1.92 bits per heavy atom. The van der Waals surface area contributed by atoms with Crippen molar-refractivity contribution < 1.29 is 23.8 Å². The maximum atomic E-state index is 11.8. The van der Waals surface area contributed by atoms with E-state index >= 15 is 0 Å². The van der Waals surface area contributed by atoms with Crippen molar-refractivity contribution in [2.75, 3.05) is 14.2 Å². The lowest BCUT2D eigenvalue weighted by molar-refractivity contribution is -0.142. The molecule has 1 aromatic carbocycles. The van der Waals surface area contributed by atoms with E-state index in [0.717, 1.165) is 11.1 Å². The first-order valence-corrected chi connectivity index (χ1v) is 7.62. The van der Waals surface area contributed by atoms with Gasteiger partial charge in [-0.05, 0) is 38.8 Å². The van der Waals surface area contributed by atoms with E-state index in [9.17, 15) is 9.59 Å². The number of carbonyl (C=O) groups excluding carboxylic acids is 2. The van der Waals surface area contributed by atoms with Crippen LogP contribution in [0, 0.1) is 0 Å². The van der Waals surface area contributed by atoms with Gasteiger partial charge in [0.05, 0.1) is 14.2 Å². The first-order valence-electron chi connectivity index (χ1n) is 7.62. The van der Waals surface area contributed by atoms with Gasteiger partial charge in [-0.25, -0.2) is 4.79 Å². The average Bonchev–Trinajstić information content (AvgIpc) is 2.50. The van der Waals surface area contributed by atoms with Crippen LogP contribution in [0.15, 0.2) is 18.2 Å². The number of nitrogens with two attached hydrogens (primary N) is 1. The van der Waals surface area contributed by atoms with E-state index in [0.29, 0.717) is 12.2 Å². The number of methoxy groups -OCH3 is 2. The van der Waals surface area contributed by atoms with Crippen molar-refractivity contribution in [2.24, 2.45) is 5.73 Å². The highest BCUT2D eigenvalue weighted by atomic mass is 16.6. The Bertz CT molecular complexity index is 581. The summed E-state index contributed by atoms with van der Waals surface area (Å²) in [5.41, 5.74) is 6.81. The van der Waals surface area contributed by atoms with Gasteiger partial charge in [-0.3, -0.25) is 4.79 Å². The number of rotatable bonds is 6. The van der Waals surface area contributed by atoms with Gasteiger partial charge < -0.3 is 25.3 Å². The molecule has 7 heteroatoms. The zero-order valence-corrected chi connectivity index (χ0v) is 14.8. The van der Waals surface area contributed by atoms with Gasteiger partial charge in [-0.2, -0.15) is 0 Å². The molecule has 24 heavy (non-hydrogen) atoms. The maximum Gasteiger partial charge on any atom is 0.407 e. The van der Waals surface area contributed by atoms with E-state index in [4.69, 9.17) is 15.2 Å². The SMILES string of the molecule is COC(=O)C(N)Cc1ccc(OC)c(CNC(=O)OC(C)(C)C)c1. The fraction of sp³-hybridized carbons (Fsp3) is 0.529. The third-order valence-electron chi connectivity index (χ3n) is 3.13. The molecular weight excluding hydrogens is 312 g/mol. The number of esters is 1. The summed E-state index contributed by atoms with van der Waals surface area (Å²) in [6.07, 6.45) is -0.183. The molecule has 1 amide bonds. The third kappa shape index (κ3) is 6.45.